The van der Waals surface area contributed by atoms with Crippen molar-refractivity contribution in [3.8, 4) is 0 Å². The molecule has 5 nitrogen and oxygen atoms in total. The van der Waals surface area contributed by atoms with Crippen LogP contribution in [0.25, 0.3) is 0 Å². The third-order valence-corrected chi connectivity index (χ3v) is 5.98. The Morgan fingerprint density at radius 3 is 2.62 bits per heavy atom. The maximum atomic E-state index is 12.7. The monoisotopic (exact) mass is 426 g/mol. The molecular weight excluding hydrogens is 404 g/mol. The van der Waals surface area contributed by atoms with Crippen molar-refractivity contribution in [3.63, 3.8) is 0 Å². The predicted molar refractivity (Wildman–Crippen MR) is 119 cm³/mol. The van der Waals surface area contributed by atoms with Crippen LogP contribution >= 0.6 is 22.9 Å². The number of nitrogens with one attached hydrogen (secondary N) is 1. The summed E-state index contributed by atoms with van der Waals surface area (Å²) in [5.74, 6) is 0.143. The number of halogens is 1. The van der Waals surface area contributed by atoms with Crippen molar-refractivity contribution in [1.82, 2.24) is 14.8 Å². The lowest BCUT2D eigenvalue weighted by Crippen LogP contribution is -2.48. The van der Waals surface area contributed by atoms with Crippen LogP contribution in [0.3, 0.4) is 0 Å². The molecule has 2 aromatic carbocycles. The summed E-state index contributed by atoms with van der Waals surface area (Å²) < 4.78 is 0. The highest BCUT2D eigenvalue weighted by Gasteiger charge is 2.22. The van der Waals surface area contributed by atoms with Gasteiger partial charge in [-0.15, -0.1) is 11.3 Å². The summed E-state index contributed by atoms with van der Waals surface area (Å²) in [7, 11) is 0. The highest BCUT2D eigenvalue weighted by Crippen LogP contribution is 2.23. The quantitative estimate of drug-likeness (QED) is 0.633. The fraction of sp³-hybridized carbons (Fsp3) is 0.273. The molecule has 1 saturated heterocycles. The molecular formula is C22H23ClN4OS. The number of hydrogen-bond donors (Lipinski definition) is 1. The largest absolute Gasteiger partial charge is 0.340 e. The zero-order valence-corrected chi connectivity index (χ0v) is 17.6. The van der Waals surface area contributed by atoms with Crippen molar-refractivity contribution in [2.24, 2.45) is 0 Å². The number of carbonyl (C=O) groups excluding carboxylic acids is 1. The van der Waals surface area contributed by atoms with Gasteiger partial charge in [-0.25, -0.2) is 4.98 Å². The summed E-state index contributed by atoms with van der Waals surface area (Å²) in [5.41, 5.74) is 3.00. The Kier molecular flexibility index (Phi) is 6.44. The van der Waals surface area contributed by atoms with Gasteiger partial charge in [-0.05, 0) is 23.8 Å². The van der Waals surface area contributed by atoms with E-state index in [0.29, 0.717) is 11.4 Å². The summed E-state index contributed by atoms with van der Waals surface area (Å²) >= 11 is 7.51. The van der Waals surface area contributed by atoms with Crippen LogP contribution in [-0.2, 0) is 17.8 Å². The van der Waals surface area contributed by atoms with E-state index >= 15 is 0 Å². The van der Waals surface area contributed by atoms with Crippen molar-refractivity contribution in [3.05, 3.63) is 76.3 Å². The van der Waals surface area contributed by atoms with Gasteiger partial charge in [-0.1, -0.05) is 48.0 Å². The smallest absolute Gasteiger partial charge is 0.228 e. The molecule has 150 valence electrons. The second-order valence-electron chi connectivity index (χ2n) is 7.10. The summed E-state index contributed by atoms with van der Waals surface area (Å²) in [5, 5.41) is 6.62. The molecule has 1 aromatic heterocycles. The number of aromatic nitrogens is 1. The first-order valence-corrected chi connectivity index (χ1v) is 10.9. The molecule has 0 bridgehead atoms. The Hall–Kier alpha value is -2.41. The number of nitrogens with zero attached hydrogens (tertiary/aromatic N) is 3. The van der Waals surface area contributed by atoms with E-state index in [9.17, 15) is 4.79 Å². The molecule has 1 fully saturated rings. The Bertz CT molecular complexity index is 954. The Labute approximate surface area is 179 Å². The lowest BCUT2D eigenvalue weighted by Gasteiger charge is -2.34. The molecule has 1 aliphatic rings. The van der Waals surface area contributed by atoms with Crippen LogP contribution < -0.4 is 5.32 Å². The van der Waals surface area contributed by atoms with Gasteiger partial charge < -0.3 is 10.2 Å². The predicted octanol–water partition coefficient (Wildman–Crippen LogP) is 4.43. The summed E-state index contributed by atoms with van der Waals surface area (Å²) in [4.78, 5) is 21.6. The van der Waals surface area contributed by atoms with Gasteiger partial charge in [0.1, 0.15) is 0 Å². The number of carbonyl (C=O) groups is 1. The van der Waals surface area contributed by atoms with E-state index in [4.69, 9.17) is 11.6 Å². The second kappa shape index (κ2) is 9.39. The van der Waals surface area contributed by atoms with E-state index in [2.05, 4.69) is 39.5 Å². The van der Waals surface area contributed by atoms with E-state index in [1.807, 2.05) is 40.6 Å². The Morgan fingerprint density at radius 2 is 1.86 bits per heavy atom. The lowest BCUT2D eigenvalue weighted by atomic mass is 10.2. The van der Waals surface area contributed by atoms with Crippen LogP contribution in [0.5, 0.6) is 0 Å². The summed E-state index contributed by atoms with van der Waals surface area (Å²) in [6.45, 7) is 4.28. The molecule has 1 N–H and O–H groups in total. The summed E-state index contributed by atoms with van der Waals surface area (Å²) in [6, 6.07) is 18.0. The number of benzene rings is 2. The Morgan fingerprint density at radius 1 is 1.07 bits per heavy atom. The van der Waals surface area contributed by atoms with Gasteiger partial charge in [0.25, 0.3) is 0 Å². The van der Waals surface area contributed by atoms with Gasteiger partial charge in [-0.3, -0.25) is 9.69 Å². The average Bonchev–Trinajstić information content (AvgIpc) is 3.16. The molecule has 3 aromatic rings. The SMILES string of the molecule is O=C(Cc1csc(Nc2cccc(Cl)c2)n1)N1CCN(Cc2ccccc2)CC1. The Balaban J connectivity index is 1.26. The molecule has 7 heteroatoms. The topological polar surface area (TPSA) is 48.5 Å². The van der Waals surface area contributed by atoms with Crippen LogP contribution in [0.4, 0.5) is 10.8 Å². The fourth-order valence-corrected chi connectivity index (χ4v) is 4.32. The normalized spacial score (nSPS) is 14.7. The number of thiazole rings is 1. The highest BCUT2D eigenvalue weighted by atomic mass is 35.5. The van der Waals surface area contributed by atoms with Crippen LogP contribution in [0.1, 0.15) is 11.3 Å². The van der Waals surface area contributed by atoms with Crippen molar-refractivity contribution in [2.45, 2.75) is 13.0 Å². The van der Waals surface area contributed by atoms with Gasteiger partial charge in [0, 0.05) is 48.8 Å². The van der Waals surface area contributed by atoms with Crippen molar-refractivity contribution in [1.29, 1.82) is 0 Å². The van der Waals surface area contributed by atoms with E-state index in [-0.39, 0.29) is 5.91 Å². The van der Waals surface area contributed by atoms with Crippen molar-refractivity contribution in [2.75, 3.05) is 31.5 Å². The minimum Gasteiger partial charge on any atom is -0.340 e. The molecule has 0 atom stereocenters. The third kappa shape index (κ3) is 5.56. The maximum absolute atomic E-state index is 12.7. The molecule has 0 radical (unpaired) electrons. The van der Waals surface area contributed by atoms with Gasteiger partial charge in [0.15, 0.2) is 5.13 Å². The van der Waals surface area contributed by atoms with Gasteiger partial charge >= 0.3 is 0 Å². The molecule has 1 aliphatic heterocycles. The molecule has 0 unspecified atom stereocenters. The number of hydrogen-bond acceptors (Lipinski definition) is 5. The van der Waals surface area contributed by atoms with Crippen LogP contribution in [-0.4, -0.2) is 46.9 Å². The standard InChI is InChI=1S/C22H23ClN4OS/c23-18-7-4-8-19(13-18)24-22-25-20(16-29-22)14-21(28)27-11-9-26(10-12-27)15-17-5-2-1-3-6-17/h1-8,13,16H,9-12,14-15H2,(H,24,25). The fourth-order valence-electron chi connectivity index (χ4n) is 3.40. The van der Waals surface area contributed by atoms with E-state index in [0.717, 1.165) is 49.2 Å². The molecule has 0 spiro atoms. The van der Waals surface area contributed by atoms with Crippen LogP contribution in [0, 0.1) is 0 Å². The van der Waals surface area contributed by atoms with Gasteiger partial charge in [0.2, 0.25) is 5.91 Å². The molecule has 0 saturated carbocycles. The number of anilines is 2. The number of amides is 1. The molecule has 29 heavy (non-hydrogen) atoms. The molecule has 1 amide bonds. The van der Waals surface area contributed by atoms with Crippen molar-refractivity contribution >= 4 is 39.7 Å². The molecule has 0 aliphatic carbocycles. The van der Waals surface area contributed by atoms with Crippen molar-refractivity contribution < 1.29 is 4.79 Å². The van der Waals surface area contributed by atoms with E-state index < -0.39 is 0 Å². The molecule has 4 rings (SSSR count). The number of rotatable bonds is 6. The van der Waals surface area contributed by atoms with Crippen LogP contribution in [0.15, 0.2) is 60.0 Å². The number of piperazine rings is 1. The zero-order chi connectivity index (χ0) is 20.1. The first-order chi connectivity index (χ1) is 14.2. The van der Waals surface area contributed by atoms with E-state index in [1.165, 1.54) is 16.9 Å². The molecule has 2 heterocycles. The zero-order valence-electron chi connectivity index (χ0n) is 16.1. The van der Waals surface area contributed by atoms with E-state index in [1.54, 1.807) is 0 Å². The second-order valence-corrected chi connectivity index (χ2v) is 8.39. The lowest BCUT2D eigenvalue weighted by molar-refractivity contribution is -0.132. The highest BCUT2D eigenvalue weighted by molar-refractivity contribution is 7.13. The maximum Gasteiger partial charge on any atom is 0.228 e. The minimum atomic E-state index is 0.143. The van der Waals surface area contributed by atoms with Gasteiger partial charge in [-0.2, -0.15) is 0 Å². The first kappa shape index (κ1) is 19.9. The summed E-state index contributed by atoms with van der Waals surface area (Å²) in [6.07, 6.45) is 0.340. The van der Waals surface area contributed by atoms with Crippen LogP contribution in [0.2, 0.25) is 5.02 Å². The first-order valence-electron chi connectivity index (χ1n) is 9.67. The average molecular weight is 427 g/mol. The third-order valence-electron chi connectivity index (χ3n) is 4.93. The van der Waals surface area contributed by atoms with Gasteiger partial charge in [0.05, 0.1) is 12.1 Å². The minimum absolute atomic E-state index is 0.143.